The Hall–Kier alpha value is -1.43. The molecule has 0 aliphatic carbocycles. The molecule has 0 saturated carbocycles. The lowest BCUT2D eigenvalue weighted by Crippen LogP contribution is -2.44. The van der Waals surface area contributed by atoms with Gasteiger partial charge in [-0.05, 0) is 61.7 Å². The van der Waals surface area contributed by atoms with Crippen molar-refractivity contribution < 1.29 is 8.42 Å². The Balaban J connectivity index is 1.81. The van der Waals surface area contributed by atoms with Gasteiger partial charge in [0.1, 0.15) is 0 Å². The van der Waals surface area contributed by atoms with Gasteiger partial charge in [-0.1, -0.05) is 30.3 Å². The second kappa shape index (κ2) is 6.36. The topological polar surface area (TPSA) is 58.2 Å². The third-order valence-corrected chi connectivity index (χ3v) is 5.97. The van der Waals surface area contributed by atoms with Crippen LogP contribution in [0.2, 0.25) is 0 Å². The van der Waals surface area contributed by atoms with E-state index in [1.165, 1.54) is 0 Å². The lowest BCUT2D eigenvalue weighted by molar-refractivity contribution is 0.320. The van der Waals surface area contributed by atoms with Gasteiger partial charge < -0.3 is 5.32 Å². The van der Waals surface area contributed by atoms with E-state index in [9.17, 15) is 8.42 Å². The number of nitrogens with one attached hydrogen (secondary N) is 2. The zero-order valence-corrected chi connectivity index (χ0v) is 13.6. The Labute approximate surface area is 132 Å². The number of benzene rings is 2. The van der Waals surface area contributed by atoms with Crippen LogP contribution in [0.4, 0.5) is 0 Å². The summed E-state index contributed by atoms with van der Waals surface area (Å²) in [5.74, 6) is 0.351. The van der Waals surface area contributed by atoms with E-state index in [-0.39, 0.29) is 6.04 Å². The van der Waals surface area contributed by atoms with Crippen molar-refractivity contribution in [3.05, 3.63) is 42.5 Å². The maximum absolute atomic E-state index is 12.6. The molecule has 0 spiro atoms. The molecule has 1 aliphatic heterocycles. The van der Waals surface area contributed by atoms with Gasteiger partial charge >= 0.3 is 0 Å². The van der Waals surface area contributed by atoms with Crippen molar-refractivity contribution in [2.45, 2.75) is 30.7 Å². The largest absolute Gasteiger partial charge is 0.316 e. The molecule has 2 N–H and O–H groups in total. The summed E-state index contributed by atoms with van der Waals surface area (Å²) in [6, 6.07) is 13.0. The highest BCUT2D eigenvalue weighted by Crippen LogP contribution is 2.21. The van der Waals surface area contributed by atoms with Crippen LogP contribution in [0.3, 0.4) is 0 Å². The molecule has 0 bridgehead atoms. The van der Waals surface area contributed by atoms with E-state index >= 15 is 0 Å². The Bertz CT molecular complexity index is 752. The summed E-state index contributed by atoms with van der Waals surface area (Å²) in [4.78, 5) is 0.335. The molecule has 1 heterocycles. The quantitative estimate of drug-likeness (QED) is 0.910. The summed E-state index contributed by atoms with van der Waals surface area (Å²) in [7, 11) is -3.48. The number of sulfonamides is 1. The summed E-state index contributed by atoms with van der Waals surface area (Å²) >= 11 is 0. The molecule has 1 aliphatic rings. The zero-order valence-electron chi connectivity index (χ0n) is 12.7. The fourth-order valence-electron chi connectivity index (χ4n) is 3.05. The molecule has 2 unspecified atom stereocenters. The average Bonchev–Trinajstić information content (AvgIpc) is 2.55. The number of piperidine rings is 1. The second-order valence-electron chi connectivity index (χ2n) is 6.03. The molecular formula is C17H22N2O2S. The van der Waals surface area contributed by atoms with Gasteiger partial charge in [0, 0.05) is 6.04 Å². The minimum Gasteiger partial charge on any atom is -0.316 e. The molecule has 0 radical (unpaired) electrons. The minimum atomic E-state index is -3.48. The molecule has 5 heteroatoms. The lowest BCUT2D eigenvalue weighted by atomic mass is 9.94. The van der Waals surface area contributed by atoms with Crippen LogP contribution in [0.1, 0.15) is 19.8 Å². The van der Waals surface area contributed by atoms with Gasteiger partial charge in [0.2, 0.25) is 10.0 Å². The summed E-state index contributed by atoms with van der Waals surface area (Å²) in [6.45, 7) is 3.86. The van der Waals surface area contributed by atoms with Gasteiger partial charge in [-0.25, -0.2) is 13.1 Å². The van der Waals surface area contributed by atoms with E-state index in [0.29, 0.717) is 10.8 Å². The highest BCUT2D eigenvalue weighted by Gasteiger charge is 2.25. The maximum atomic E-state index is 12.6. The van der Waals surface area contributed by atoms with Crippen molar-refractivity contribution >= 4 is 20.8 Å². The normalized spacial score (nSPS) is 20.9. The van der Waals surface area contributed by atoms with Crippen molar-refractivity contribution in [2.24, 2.45) is 5.92 Å². The second-order valence-corrected chi connectivity index (χ2v) is 7.74. The van der Waals surface area contributed by atoms with Crippen molar-refractivity contribution in [2.75, 3.05) is 13.1 Å². The van der Waals surface area contributed by atoms with Crippen molar-refractivity contribution in [3.63, 3.8) is 0 Å². The van der Waals surface area contributed by atoms with Crippen LogP contribution in [-0.4, -0.2) is 27.5 Å². The summed E-state index contributed by atoms with van der Waals surface area (Å²) in [5, 5.41) is 5.32. The number of rotatable bonds is 4. The van der Waals surface area contributed by atoms with Gasteiger partial charge in [0.25, 0.3) is 0 Å². The standard InChI is InChI=1S/C17H22N2O2S/c1-13(16-7-4-10-18-12-16)19-22(20,21)17-9-8-14-5-2-3-6-15(14)11-17/h2-3,5-6,8-9,11,13,16,18-19H,4,7,10,12H2,1H3. The Morgan fingerprint density at radius 1 is 1.18 bits per heavy atom. The molecule has 0 aromatic heterocycles. The van der Waals surface area contributed by atoms with Gasteiger partial charge in [-0.2, -0.15) is 0 Å². The molecule has 1 saturated heterocycles. The first-order valence-corrected chi connectivity index (χ1v) is 9.26. The number of hydrogen-bond acceptors (Lipinski definition) is 3. The first kappa shape index (κ1) is 15.5. The van der Waals surface area contributed by atoms with Crippen LogP contribution < -0.4 is 10.0 Å². The number of hydrogen-bond donors (Lipinski definition) is 2. The van der Waals surface area contributed by atoms with Crippen LogP contribution in [-0.2, 0) is 10.0 Å². The smallest absolute Gasteiger partial charge is 0.240 e. The highest BCUT2D eigenvalue weighted by molar-refractivity contribution is 7.89. The van der Waals surface area contributed by atoms with Gasteiger partial charge in [-0.15, -0.1) is 0 Å². The SMILES string of the molecule is CC(NS(=O)(=O)c1ccc2ccccc2c1)C1CCCNC1. The molecule has 0 amide bonds. The van der Waals surface area contributed by atoms with Crippen molar-refractivity contribution in [3.8, 4) is 0 Å². The van der Waals surface area contributed by atoms with Crippen LogP contribution in [0.5, 0.6) is 0 Å². The first-order valence-electron chi connectivity index (χ1n) is 7.78. The van der Waals surface area contributed by atoms with E-state index < -0.39 is 10.0 Å². The fourth-order valence-corrected chi connectivity index (χ4v) is 4.40. The monoisotopic (exact) mass is 318 g/mol. The number of fused-ring (bicyclic) bond motifs is 1. The Morgan fingerprint density at radius 2 is 1.95 bits per heavy atom. The van der Waals surface area contributed by atoms with Crippen molar-refractivity contribution in [1.29, 1.82) is 0 Å². The molecule has 2 aromatic carbocycles. The molecule has 3 rings (SSSR count). The molecule has 1 fully saturated rings. The van der Waals surface area contributed by atoms with Gasteiger partial charge in [0.05, 0.1) is 4.90 Å². The third-order valence-electron chi connectivity index (χ3n) is 4.41. The van der Waals surface area contributed by atoms with E-state index in [4.69, 9.17) is 0 Å². The van der Waals surface area contributed by atoms with E-state index in [1.807, 2.05) is 37.3 Å². The van der Waals surface area contributed by atoms with Crippen LogP contribution in [0, 0.1) is 5.92 Å². The molecule has 118 valence electrons. The first-order chi connectivity index (χ1) is 10.6. The predicted octanol–water partition coefficient (Wildman–Crippen LogP) is 2.51. The maximum Gasteiger partial charge on any atom is 0.240 e. The summed E-state index contributed by atoms with van der Waals surface area (Å²) in [6.07, 6.45) is 2.17. The van der Waals surface area contributed by atoms with E-state index in [2.05, 4.69) is 10.0 Å². The zero-order chi connectivity index (χ0) is 15.6. The molecule has 2 atom stereocenters. The third kappa shape index (κ3) is 3.32. The molecular weight excluding hydrogens is 296 g/mol. The molecule has 4 nitrogen and oxygen atoms in total. The predicted molar refractivity (Wildman–Crippen MR) is 89.3 cm³/mol. The molecule has 2 aromatic rings. The van der Waals surface area contributed by atoms with E-state index in [0.717, 1.165) is 36.7 Å². The Kier molecular flexibility index (Phi) is 4.47. The lowest BCUT2D eigenvalue weighted by Gasteiger charge is -2.28. The van der Waals surface area contributed by atoms with Gasteiger partial charge in [0.15, 0.2) is 0 Å². The van der Waals surface area contributed by atoms with Crippen molar-refractivity contribution in [1.82, 2.24) is 10.0 Å². The fraction of sp³-hybridized carbons (Fsp3) is 0.412. The Morgan fingerprint density at radius 3 is 2.68 bits per heavy atom. The summed E-state index contributed by atoms with van der Waals surface area (Å²) < 4.78 is 28.0. The molecule has 22 heavy (non-hydrogen) atoms. The highest BCUT2D eigenvalue weighted by atomic mass is 32.2. The average molecular weight is 318 g/mol. The summed E-state index contributed by atoms with van der Waals surface area (Å²) in [5.41, 5.74) is 0. The minimum absolute atomic E-state index is 0.0655. The van der Waals surface area contributed by atoms with Crippen LogP contribution >= 0.6 is 0 Å². The van der Waals surface area contributed by atoms with E-state index in [1.54, 1.807) is 12.1 Å². The van der Waals surface area contributed by atoms with Gasteiger partial charge in [-0.3, -0.25) is 0 Å². The van der Waals surface area contributed by atoms with Crippen LogP contribution in [0.25, 0.3) is 10.8 Å². The van der Waals surface area contributed by atoms with Crippen LogP contribution in [0.15, 0.2) is 47.4 Å².